The molecule has 0 aliphatic carbocycles. The van der Waals surface area contributed by atoms with Gasteiger partial charge >= 0.3 is 0 Å². The average Bonchev–Trinajstić information content (AvgIpc) is 2.48. The normalized spacial score (nSPS) is 22.7. The van der Waals surface area contributed by atoms with Crippen LogP contribution in [0, 0.1) is 0 Å². The van der Waals surface area contributed by atoms with Crippen molar-refractivity contribution in [1.29, 1.82) is 0 Å². The molecule has 1 aliphatic rings. The summed E-state index contributed by atoms with van der Waals surface area (Å²) in [5.74, 6) is -0.535. The standard InChI is InChI=1S/C15H22N4O2/c1-3-10(16)14(11-7-5-6-8-17-11)19-9-13(20)18-15(21)12(19)4-2/h5-8,10,12,14H,3-4,9,16H2,1-2H3,(H,18,20,21). The Morgan fingerprint density at radius 1 is 1.43 bits per heavy atom. The summed E-state index contributed by atoms with van der Waals surface area (Å²) in [5, 5.41) is 2.39. The van der Waals surface area contributed by atoms with Gasteiger partial charge in [-0.3, -0.25) is 24.8 Å². The van der Waals surface area contributed by atoms with Crippen LogP contribution in [0.2, 0.25) is 0 Å². The number of nitrogens with one attached hydrogen (secondary N) is 1. The van der Waals surface area contributed by atoms with E-state index >= 15 is 0 Å². The van der Waals surface area contributed by atoms with E-state index in [9.17, 15) is 9.59 Å². The number of hydrogen-bond donors (Lipinski definition) is 2. The number of aromatic nitrogens is 1. The molecule has 0 radical (unpaired) electrons. The molecule has 1 saturated heterocycles. The van der Waals surface area contributed by atoms with E-state index in [1.165, 1.54) is 0 Å². The van der Waals surface area contributed by atoms with Crippen LogP contribution in [0.5, 0.6) is 0 Å². The van der Waals surface area contributed by atoms with Gasteiger partial charge in [-0.1, -0.05) is 19.9 Å². The summed E-state index contributed by atoms with van der Waals surface area (Å²) in [6.07, 6.45) is 3.07. The molecule has 6 nitrogen and oxygen atoms in total. The monoisotopic (exact) mass is 290 g/mol. The van der Waals surface area contributed by atoms with Crippen LogP contribution in [-0.2, 0) is 9.59 Å². The van der Waals surface area contributed by atoms with Gasteiger partial charge in [0, 0.05) is 12.2 Å². The predicted molar refractivity (Wildman–Crippen MR) is 79.2 cm³/mol. The largest absolute Gasteiger partial charge is 0.326 e. The highest BCUT2D eigenvalue weighted by atomic mass is 16.2. The zero-order chi connectivity index (χ0) is 15.4. The highest BCUT2D eigenvalue weighted by Crippen LogP contribution is 2.27. The van der Waals surface area contributed by atoms with Gasteiger partial charge in [-0.15, -0.1) is 0 Å². The summed E-state index contributed by atoms with van der Waals surface area (Å²) in [6.45, 7) is 4.09. The number of hydrogen-bond acceptors (Lipinski definition) is 5. The van der Waals surface area contributed by atoms with Gasteiger partial charge in [0.05, 0.1) is 24.3 Å². The highest BCUT2D eigenvalue weighted by Gasteiger charge is 2.39. The lowest BCUT2D eigenvalue weighted by molar-refractivity contribution is -0.142. The molecule has 3 atom stereocenters. The van der Waals surface area contributed by atoms with E-state index in [1.807, 2.05) is 36.9 Å². The first-order chi connectivity index (χ1) is 10.1. The molecule has 1 aromatic rings. The summed E-state index contributed by atoms with van der Waals surface area (Å²) in [7, 11) is 0. The van der Waals surface area contributed by atoms with Crippen LogP contribution in [-0.4, -0.2) is 40.3 Å². The number of nitrogens with zero attached hydrogens (tertiary/aromatic N) is 2. The molecule has 2 amide bonds. The third kappa shape index (κ3) is 3.28. The van der Waals surface area contributed by atoms with E-state index in [0.717, 1.165) is 12.1 Å². The summed E-state index contributed by atoms with van der Waals surface area (Å²) in [4.78, 5) is 30.1. The molecule has 3 N–H and O–H groups in total. The van der Waals surface area contributed by atoms with Crippen molar-refractivity contribution < 1.29 is 9.59 Å². The lowest BCUT2D eigenvalue weighted by Crippen LogP contribution is -2.60. The Morgan fingerprint density at radius 3 is 2.76 bits per heavy atom. The number of imide groups is 1. The third-order valence-corrected chi connectivity index (χ3v) is 3.90. The summed E-state index contributed by atoms with van der Waals surface area (Å²) in [5.41, 5.74) is 7.06. The topological polar surface area (TPSA) is 88.3 Å². The number of pyridine rings is 1. The Balaban J connectivity index is 2.39. The van der Waals surface area contributed by atoms with Crippen LogP contribution in [0.4, 0.5) is 0 Å². The van der Waals surface area contributed by atoms with Crippen molar-refractivity contribution in [3.05, 3.63) is 30.1 Å². The molecule has 114 valence electrons. The second-order valence-corrected chi connectivity index (χ2v) is 5.28. The molecule has 2 heterocycles. The smallest absolute Gasteiger partial charge is 0.243 e. The van der Waals surface area contributed by atoms with E-state index in [2.05, 4.69) is 10.3 Å². The molecule has 21 heavy (non-hydrogen) atoms. The first-order valence-electron chi connectivity index (χ1n) is 7.34. The maximum absolute atomic E-state index is 12.1. The van der Waals surface area contributed by atoms with E-state index in [1.54, 1.807) is 6.20 Å². The van der Waals surface area contributed by atoms with Crippen LogP contribution in [0.3, 0.4) is 0 Å². The first kappa shape index (κ1) is 15.6. The summed E-state index contributed by atoms with van der Waals surface area (Å²) in [6, 6.07) is 4.84. The Labute approximate surface area is 124 Å². The number of nitrogens with two attached hydrogens (primary N) is 1. The van der Waals surface area contributed by atoms with E-state index in [0.29, 0.717) is 6.42 Å². The number of amides is 2. The van der Waals surface area contributed by atoms with Gasteiger partial charge in [-0.2, -0.15) is 0 Å². The summed E-state index contributed by atoms with van der Waals surface area (Å²) < 4.78 is 0. The lowest BCUT2D eigenvalue weighted by Gasteiger charge is -2.41. The Morgan fingerprint density at radius 2 is 2.19 bits per heavy atom. The molecular weight excluding hydrogens is 268 g/mol. The lowest BCUT2D eigenvalue weighted by atomic mass is 9.96. The summed E-state index contributed by atoms with van der Waals surface area (Å²) >= 11 is 0. The van der Waals surface area contributed by atoms with Crippen LogP contribution in [0.1, 0.15) is 38.4 Å². The molecule has 1 aliphatic heterocycles. The van der Waals surface area contributed by atoms with Crippen LogP contribution >= 0.6 is 0 Å². The second kappa shape index (κ2) is 6.78. The highest BCUT2D eigenvalue weighted by molar-refractivity contribution is 6.01. The fourth-order valence-corrected chi connectivity index (χ4v) is 2.81. The maximum atomic E-state index is 12.1. The molecule has 0 saturated carbocycles. The third-order valence-electron chi connectivity index (χ3n) is 3.90. The van der Waals surface area contributed by atoms with Gasteiger partial charge in [-0.25, -0.2) is 0 Å². The Bertz CT molecular complexity index is 506. The predicted octanol–water partition coefficient (Wildman–Crippen LogP) is 0.597. The number of carbonyl (C=O) groups is 2. The Hall–Kier alpha value is -1.79. The molecule has 0 spiro atoms. The van der Waals surface area contributed by atoms with Crippen LogP contribution in [0.15, 0.2) is 24.4 Å². The van der Waals surface area contributed by atoms with Gasteiger partial charge < -0.3 is 5.73 Å². The molecule has 0 aromatic carbocycles. The van der Waals surface area contributed by atoms with Crippen molar-refractivity contribution in [1.82, 2.24) is 15.2 Å². The zero-order valence-electron chi connectivity index (χ0n) is 12.5. The molecule has 3 unspecified atom stereocenters. The fraction of sp³-hybridized carbons (Fsp3) is 0.533. The van der Waals surface area contributed by atoms with Crippen molar-refractivity contribution in [2.45, 2.75) is 44.8 Å². The van der Waals surface area contributed by atoms with Crippen LogP contribution in [0.25, 0.3) is 0 Å². The first-order valence-corrected chi connectivity index (χ1v) is 7.34. The van der Waals surface area contributed by atoms with Crippen molar-refractivity contribution in [2.75, 3.05) is 6.54 Å². The van der Waals surface area contributed by atoms with Crippen LogP contribution < -0.4 is 11.1 Å². The quantitative estimate of drug-likeness (QED) is 0.775. The minimum Gasteiger partial charge on any atom is -0.326 e. The number of piperazine rings is 1. The van der Waals surface area contributed by atoms with Crippen molar-refractivity contribution in [3.63, 3.8) is 0 Å². The Kier molecular flexibility index (Phi) is 5.03. The molecule has 6 heteroatoms. The minimum atomic E-state index is -0.354. The van der Waals surface area contributed by atoms with Gasteiger partial charge in [0.15, 0.2) is 0 Å². The molecule has 0 bridgehead atoms. The second-order valence-electron chi connectivity index (χ2n) is 5.28. The van der Waals surface area contributed by atoms with E-state index in [-0.39, 0.29) is 36.5 Å². The van der Waals surface area contributed by atoms with Crippen molar-refractivity contribution >= 4 is 11.8 Å². The minimum absolute atomic E-state index is 0.166. The number of carbonyl (C=O) groups excluding carboxylic acids is 2. The van der Waals surface area contributed by atoms with Crippen molar-refractivity contribution in [2.24, 2.45) is 5.73 Å². The van der Waals surface area contributed by atoms with Gasteiger partial charge in [0.1, 0.15) is 0 Å². The zero-order valence-corrected chi connectivity index (χ0v) is 12.5. The van der Waals surface area contributed by atoms with Gasteiger partial charge in [0.25, 0.3) is 0 Å². The van der Waals surface area contributed by atoms with Crippen molar-refractivity contribution in [3.8, 4) is 0 Å². The SMILES string of the molecule is CCC(N)C(c1ccccn1)N1CC(=O)NC(=O)C1CC. The molecular formula is C15H22N4O2. The van der Waals surface area contributed by atoms with Gasteiger partial charge in [-0.05, 0) is 25.0 Å². The average molecular weight is 290 g/mol. The van der Waals surface area contributed by atoms with Gasteiger partial charge in [0.2, 0.25) is 11.8 Å². The van der Waals surface area contributed by atoms with E-state index in [4.69, 9.17) is 5.73 Å². The molecule has 1 fully saturated rings. The maximum Gasteiger partial charge on any atom is 0.243 e. The number of rotatable bonds is 5. The molecule has 1 aromatic heterocycles. The fourth-order valence-electron chi connectivity index (χ4n) is 2.81. The van der Waals surface area contributed by atoms with E-state index < -0.39 is 0 Å². The molecule has 2 rings (SSSR count).